The fraction of sp³-hybridized carbons (Fsp3) is 0.697. The lowest BCUT2D eigenvalue weighted by atomic mass is 9.67. The van der Waals surface area contributed by atoms with Gasteiger partial charge in [0, 0.05) is 38.9 Å². The molecule has 2 saturated heterocycles. The SMILES string of the molecule is B[C@@H]1CC(=O)[C@](C)(F)C(=O)O[C@H](CC)[C@@]2(C)OC(=O)N(CCCCn3cc(-c4ccccn4)nn3)[C@@H]2[C@@H](C)NC[C@H](C)C[C@@]1(C)OC. The number of carbonyl (C=O) groups is 3. The highest BCUT2D eigenvalue weighted by Crippen LogP contribution is 2.40. The van der Waals surface area contributed by atoms with Crippen LogP contribution in [0.2, 0.25) is 5.82 Å². The van der Waals surface area contributed by atoms with Crippen LogP contribution in [0.15, 0.2) is 30.6 Å². The fourth-order valence-electron chi connectivity index (χ4n) is 6.97. The van der Waals surface area contributed by atoms with Crippen LogP contribution in [0.3, 0.4) is 0 Å². The molecule has 0 aliphatic carbocycles. The maximum atomic E-state index is 16.0. The third kappa shape index (κ3) is 7.85. The highest BCUT2D eigenvalue weighted by molar-refractivity contribution is 6.16. The van der Waals surface area contributed by atoms with E-state index in [-0.39, 0.29) is 30.6 Å². The summed E-state index contributed by atoms with van der Waals surface area (Å²) in [5, 5.41) is 12.0. The first kappa shape index (κ1) is 36.5. The van der Waals surface area contributed by atoms with Crippen molar-refractivity contribution in [3.8, 4) is 11.4 Å². The quantitative estimate of drug-likeness (QED) is 0.194. The van der Waals surface area contributed by atoms with Gasteiger partial charge in [-0.15, -0.1) is 5.10 Å². The Bertz CT molecular complexity index is 1400. The number of hydrogen-bond donors (Lipinski definition) is 1. The van der Waals surface area contributed by atoms with Crippen molar-refractivity contribution < 1.29 is 33.0 Å². The van der Waals surface area contributed by atoms with Crippen LogP contribution < -0.4 is 5.32 Å². The van der Waals surface area contributed by atoms with Gasteiger partial charge >= 0.3 is 12.1 Å². The predicted octanol–water partition coefficient (Wildman–Crippen LogP) is 3.55. The molecule has 0 bridgehead atoms. The highest BCUT2D eigenvalue weighted by atomic mass is 19.1. The molecule has 14 heteroatoms. The Morgan fingerprint density at radius 1 is 1.13 bits per heavy atom. The van der Waals surface area contributed by atoms with Crippen molar-refractivity contribution in [3.05, 3.63) is 30.6 Å². The molecule has 1 N–H and O–H groups in total. The van der Waals surface area contributed by atoms with Gasteiger partial charge in [0.15, 0.2) is 11.4 Å². The first-order chi connectivity index (χ1) is 22.2. The van der Waals surface area contributed by atoms with Crippen molar-refractivity contribution in [2.24, 2.45) is 5.92 Å². The topological polar surface area (TPSA) is 138 Å². The van der Waals surface area contributed by atoms with Crippen LogP contribution in [-0.2, 0) is 30.3 Å². The van der Waals surface area contributed by atoms with E-state index in [0.29, 0.717) is 44.6 Å². The first-order valence-electron chi connectivity index (χ1n) is 16.7. The summed E-state index contributed by atoms with van der Waals surface area (Å²) in [5.41, 5.74) is -3.50. The molecular weight excluding hydrogens is 606 g/mol. The molecule has 12 nitrogen and oxygen atoms in total. The Balaban J connectivity index is 1.55. The van der Waals surface area contributed by atoms with E-state index in [1.807, 2.05) is 46.1 Å². The minimum absolute atomic E-state index is 0.109. The Morgan fingerprint density at radius 2 is 1.85 bits per heavy atom. The van der Waals surface area contributed by atoms with Gasteiger partial charge in [-0.1, -0.05) is 25.1 Å². The van der Waals surface area contributed by atoms with E-state index in [0.717, 1.165) is 12.6 Å². The van der Waals surface area contributed by atoms with Crippen LogP contribution in [0.5, 0.6) is 0 Å². The van der Waals surface area contributed by atoms with Gasteiger partial charge in [0.2, 0.25) is 0 Å². The summed E-state index contributed by atoms with van der Waals surface area (Å²) < 4.78 is 35.4. The van der Waals surface area contributed by atoms with E-state index in [9.17, 15) is 14.4 Å². The third-order valence-electron chi connectivity index (χ3n) is 10.1. The zero-order chi connectivity index (χ0) is 34.6. The number of rotatable bonds is 8. The van der Waals surface area contributed by atoms with Crippen molar-refractivity contribution in [2.45, 2.75) is 121 Å². The number of Topliss-reactive ketones (excluding diaryl/α,β-unsaturated/α-hetero) is 1. The fourth-order valence-corrected chi connectivity index (χ4v) is 6.97. The molecule has 0 unspecified atom stereocenters. The van der Waals surface area contributed by atoms with Gasteiger partial charge in [-0.3, -0.25) is 19.4 Å². The van der Waals surface area contributed by atoms with Crippen LogP contribution in [0, 0.1) is 5.92 Å². The number of nitrogens with zero attached hydrogens (tertiary/aromatic N) is 5. The molecular formula is C33H50BFN6O6. The van der Waals surface area contributed by atoms with Crippen LogP contribution in [0.1, 0.15) is 73.6 Å². The monoisotopic (exact) mass is 656 g/mol. The highest BCUT2D eigenvalue weighted by Gasteiger charge is 2.59. The Labute approximate surface area is 277 Å². The molecule has 2 aromatic rings. The van der Waals surface area contributed by atoms with Gasteiger partial charge in [-0.25, -0.2) is 14.0 Å². The first-order valence-corrected chi connectivity index (χ1v) is 16.7. The molecule has 258 valence electrons. The Morgan fingerprint density at radius 3 is 2.51 bits per heavy atom. The summed E-state index contributed by atoms with van der Waals surface area (Å²) in [5.74, 6) is -2.40. The molecule has 0 radical (unpaired) electrons. The van der Waals surface area contributed by atoms with Crippen molar-refractivity contribution in [3.63, 3.8) is 0 Å². The van der Waals surface area contributed by atoms with Crippen molar-refractivity contribution in [1.82, 2.24) is 30.2 Å². The third-order valence-corrected chi connectivity index (χ3v) is 10.1. The maximum Gasteiger partial charge on any atom is 0.410 e. The number of methoxy groups -OCH3 is 1. The molecule has 4 rings (SSSR count). The molecule has 0 spiro atoms. The van der Waals surface area contributed by atoms with Crippen molar-refractivity contribution in [2.75, 3.05) is 20.2 Å². The largest absolute Gasteiger partial charge is 0.455 e. The Hall–Kier alpha value is -3.39. The van der Waals surface area contributed by atoms with Crippen LogP contribution in [0.25, 0.3) is 11.4 Å². The molecule has 1 amide bonds. The summed E-state index contributed by atoms with van der Waals surface area (Å²) in [6.45, 7) is 12.0. The number of halogens is 1. The standard InChI is InChI=1S/C33H50BFN6O6/c1-8-27-33(6)28(41(30(44)47-33)16-12-11-15-40-20-24(38-39-40)23-13-9-10-14-36-23)22(3)37-19-21(2)18-31(4,45-7)25(34)17-26(42)32(5,35)29(43)46-27/h9-10,13-14,20-22,25,27-28,37H,8,11-12,15-19,34H2,1-7H3/t21-,22-,25-,27-,28-,31-,32+,33-/m1/s1. The molecule has 2 fully saturated rings. The minimum Gasteiger partial charge on any atom is -0.455 e. The number of fused-ring (bicyclic) bond motifs is 1. The van der Waals surface area contributed by atoms with E-state index >= 15 is 4.39 Å². The van der Waals surface area contributed by atoms with Crippen molar-refractivity contribution in [1.29, 1.82) is 0 Å². The predicted molar refractivity (Wildman–Crippen MR) is 176 cm³/mol. The zero-order valence-electron chi connectivity index (χ0n) is 29.0. The number of pyridine rings is 1. The summed E-state index contributed by atoms with van der Waals surface area (Å²) >= 11 is 0. The average molecular weight is 657 g/mol. The number of amides is 1. The number of ketones is 1. The van der Waals surface area contributed by atoms with Gasteiger partial charge in [0.05, 0.1) is 23.5 Å². The number of esters is 1. The minimum atomic E-state index is -2.88. The number of ether oxygens (including phenoxy) is 3. The second-order valence-electron chi connectivity index (χ2n) is 13.8. The number of hydrogen-bond acceptors (Lipinski definition) is 10. The number of alkyl halides is 1. The van der Waals surface area contributed by atoms with E-state index in [1.54, 1.807) is 36.7 Å². The number of aromatic nitrogens is 4. The summed E-state index contributed by atoms with van der Waals surface area (Å²) in [6.07, 6.45) is 4.01. The number of unbranched alkanes of at least 4 members (excludes halogenated alkanes) is 1. The average Bonchev–Trinajstić information content (AvgIpc) is 3.62. The molecule has 4 heterocycles. The van der Waals surface area contributed by atoms with Crippen LogP contribution >= 0.6 is 0 Å². The summed E-state index contributed by atoms with van der Waals surface area (Å²) in [7, 11) is 3.42. The molecule has 2 aromatic heterocycles. The molecule has 2 aliphatic heterocycles. The van der Waals surface area contributed by atoms with Gasteiger partial charge in [-0.2, -0.15) is 0 Å². The van der Waals surface area contributed by atoms with E-state index in [1.165, 1.54) is 0 Å². The summed E-state index contributed by atoms with van der Waals surface area (Å²) in [6, 6.07) is 4.77. The second kappa shape index (κ2) is 14.8. The van der Waals surface area contributed by atoms with Gasteiger partial charge in [0.25, 0.3) is 5.67 Å². The molecule has 47 heavy (non-hydrogen) atoms. The maximum absolute atomic E-state index is 16.0. The van der Waals surface area contributed by atoms with Crippen LogP contribution in [0.4, 0.5) is 9.18 Å². The lowest BCUT2D eigenvalue weighted by Crippen LogP contribution is -2.61. The van der Waals surface area contributed by atoms with E-state index in [4.69, 9.17) is 14.2 Å². The zero-order valence-corrected chi connectivity index (χ0v) is 29.0. The lowest BCUT2D eigenvalue weighted by Gasteiger charge is -2.41. The number of aryl methyl sites for hydroxylation is 1. The smallest absolute Gasteiger partial charge is 0.410 e. The molecule has 2 aliphatic rings. The number of cyclic esters (lactones) is 1. The normalized spacial score (nSPS) is 34.3. The molecule has 0 aromatic carbocycles. The van der Waals surface area contributed by atoms with Gasteiger partial charge in [0.1, 0.15) is 19.6 Å². The summed E-state index contributed by atoms with van der Waals surface area (Å²) in [4.78, 5) is 46.0. The van der Waals surface area contributed by atoms with E-state index < -0.39 is 46.9 Å². The van der Waals surface area contributed by atoms with Crippen LogP contribution in [-0.4, -0.2) is 106 Å². The van der Waals surface area contributed by atoms with Gasteiger partial charge in [-0.05, 0) is 83.8 Å². The Kier molecular flexibility index (Phi) is 11.5. The van der Waals surface area contributed by atoms with Gasteiger partial charge < -0.3 is 19.5 Å². The lowest BCUT2D eigenvalue weighted by molar-refractivity contribution is -0.178. The molecule has 8 atom stereocenters. The number of nitrogens with one attached hydrogen (secondary N) is 1. The molecule has 0 saturated carbocycles. The van der Waals surface area contributed by atoms with Crippen molar-refractivity contribution >= 4 is 25.7 Å². The second-order valence-corrected chi connectivity index (χ2v) is 13.8. The number of carbonyl (C=O) groups excluding carboxylic acids is 3. The van der Waals surface area contributed by atoms with E-state index in [2.05, 4.69) is 27.5 Å².